The van der Waals surface area contributed by atoms with Gasteiger partial charge >= 0.3 is 6.16 Å². The maximum absolute atomic E-state index is 11.0. The van der Waals surface area contributed by atoms with Gasteiger partial charge in [-0.15, -0.1) is 0 Å². The molecule has 0 bridgehead atoms. The summed E-state index contributed by atoms with van der Waals surface area (Å²) in [5, 5.41) is 9.97. The highest BCUT2D eigenvalue weighted by molar-refractivity contribution is 5.59. The number of carbonyl (C=O) groups is 1. The molecule has 0 aliphatic carbocycles. The van der Waals surface area contributed by atoms with Crippen LogP contribution in [0, 0.1) is 0 Å². The Bertz CT molecular complexity index is 317. The Morgan fingerprint density at radius 1 is 1.33 bits per heavy atom. The molecule has 0 amide bonds. The third kappa shape index (κ3) is 2.74. The minimum absolute atomic E-state index is 0.0971. The second kappa shape index (κ2) is 5.00. The lowest BCUT2D eigenvalue weighted by Gasteiger charge is -2.22. The van der Waals surface area contributed by atoms with Crippen LogP contribution in [0.1, 0.15) is 20.8 Å². The summed E-state index contributed by atoms with van der Waals surface area (Å²) >= 11 is 0. The molecule has 2 heterocycles. The van der Waals surface area contributed by atoms with E-state index in [0.717, 1.165) is 0 Å². The second-order valence-electron chi connectivity index (χ2n) is 4.63. The number of aliphatic hydroxyl groups excluding tert-OH is 1. The van der Waals surface area contributed by atoms with Crippen LogP contribution in [-0.2, 0) is 23.7 Å². The van der Waals surface area contributed by atoms with Gasteiger partial charge in [-0.1, -0.05) is 0 Å². The summed E-state index contributed by atoms with van der Waals surface area (Å²) in [5.41, 5.74) is 0. The average molecular weight is 262 g/mol. The SMILES string of the molecule is CCOC(=O)OCC1OC2OC(C)(C)OC2C1O. The predicted octanol–water partition coefficient (Wildman–Crippen LogP) is 0.397. The Morgan fingerprint density at radius 2 is 2.06 bits per heavy atom. The van der Waals surface area contributed by atoms with E-state index in [0.29, 0.717) is 0 Å². The van der Waals surface area contributed by atoms with E-state index in [1.165, 1.54) is 0 Å². The maximum Gasteiger partial charge on any atom is 0.508 e. The molecule has 1 N–H and O–H groups in total. The van der Waals surface area contributed by atoms with Crippen LogP contribution in [0.3, 0.4) is 0 Å². The van der Waals surface area contributed by atoms with E-state index in [1.54, 1.807) is 20.8 Å². The highest BCUT2D eigenvalue weighted by atomic mass is 16.8. The molecule has 7 nitrogen and oxygen atoms in total. The quantitative estimate of drug-likeness (QED) is 0.737. The molecule has 0 spiro atoms. The van der Waals surface area contributed by atoms with Crippen LogP contribution >= 0.6 is 0 Å². The Labute approximate surface area is 105 Å². The zero-order valence-electron chi connectivity index (χ0n) is 10.6. The van der Waals surface area contributed by atoms with Crippen molar-refractivity contribution < 1.29 is 33.6 Å². The summed E-state index contributed by atoms with van der Waals surface area (Å²) < 4.78 is 25.8. The highest BCUT2D eigenvalue weighted by Crippen LogP contribution is 2.37. The Hall–Kier alpha value is -0.890. The van der Waals surface area contributed by atoms with Gasteiger partial charge in [-0.2, -0.15) is 0 Å². The fourth-order valence-corrected chi connectivity index (χ4v) is 2.01. The number of ether oxygens (including phenoxy) is 5. The van der Waals surface area contributed by atoms with Gasteiger partial charge in [0.05, 0.1) is 6.61 Å². The zero-order valence-corrected chi connectivity index (χ0v) is 10.6. The standard InChI is InChI=1S/C11H18O7/c1-4-14-10(13)15-5-6-7(12)8-9(16-6)18-11(2,3)17-8/h6-9,12H,4-5H2,1-3H3. The fourth-order valence-electron chi connectivity index (χ4n) is 2.01. The van der Waals surface area contributed by atoms with Gasteiger partial charge in [0, 0.05) is 0 Å². The topological polar surface area (TPSA) is 83.5 Å². The Morgan fingerprint density at radius 3 is 2.67 bits per heavy atom. The monoisotopic (exact) mass is 262 g/mol. The first-order valence-electron chi connectivity index (χ1n) is 5.91. The number of carbonyl (C=O) groups excluding carboxylic acids is 1. The van der Waals surface area contributed by atoms with E-state index in [-0.39, 0.29) is 13.2 Å². The van der Waals surface area contributed by atoms with E-state index in [9.17, 15) is 9.90 Å². The molecule has 0 aromatic rings. The molecule has 2 aliphatic heterocycles. The predicted molar refractivity (Wildman–Crippen MR) is 57.7 cm³/mol. The van der Waals surface area contributed by atoms with Crippen molar-refractivity contribution in [3.8, 4) is 0 Å². The van der Waals surface area contributed by atoms with E-state index in [4.69, 9.17) is 18.9 Å². The van der Waals surface area contributed by atoms with Gasteiger partial charge in [0.25, 0.3) is 0 Å². The van der Waals surface area contributed by atoms with Gasteiger partial charge in [0.15, 0.2) is 12.1 Å². The van der Waals surface area contributed by atoms with Crippen LogP contribution in [-0.4, -0.2) is 54.9 Å². The molecular weight excluding hydrogens is 244 g/mol. The van der Waals surface area contributed by atoms with Gasteiger partial charge in [0.2, 0.25) is 0 Å². The molecule has 7 heteroatoms. The first-order valence-corrected chi connectivity index (χ1v) is 5.91. The Kier molecular flexibility index (Phi) is 3.76. The fraction of sp³-hybridized carbons (Fsp3) is 0.909. The lowest BCUT2D eigenvalue weighted by molar-refractivity contribution is -0.218. The van der Waals surface area contributed by atoms with Crippen LogP contribution in [0.5, 0.6) is 0 Å². The van der Waals surface area contributed by atoms with Crippen molar-refractivity contribution in [3.63, 3.8) is 0 Å². The summed E-state index contributed by atoms with van der Waals surface area (Å²) in [4.78, 5) is 11.0. The summed E-state index contributed by atoms with van der Waals surface area (Å²) in [7, 11) is 0. The molecule has 2 fully saturated rings. The van der Waals surface area contributed by atoms with Gasteiger partial charge in [-0.25, -0.2) is 4.79 Å². The van der Waals surface area contributed by atoms with Crippen molar-refractivity contribution >= 4 is 6.16 Å². The molecule has 4 atom stereocenters. The maximum atomic E-state index is 11.0. The van der Waals surface area contributed by atoms with Crippen LogP contribution < -0.4 is 0 Å². The molecule has 0 radical (unpaired) electrons. The molecule has 0 saturated carbocycles. The normalized spacial score (nSPS) is 37.3. The molecule has 2 saturated heterocycles. The summed E-state index contributed by atoms with van der Waals surface area (Å²) in [5.74, 6) is -0.775. The summed E-state index contributed by atoms with van der Waals surface area (Å²) in [6.45, 7) is 5.30. The van der Waals surface area contributed by atoms with Crippen molar-refractivity contribution in [1.82, 2.24) is 0 Å². The van der Waals surface area contributed by atoms with Crippen molar-refractivity contribution in [2.24, 2.45) is 0 Å². The first kappa shape index (κ1) is 13.5. The second-order valence-corrected chi connectivity index (χ2v) is 4.63. The third-order valence-electron chi connectivity index (χ3n) is 2.74. The molecule has 0 aromatic heterocycles. The molecular formula is C11H18O7. The van der Waals surface area contributed by atoms with Crippen LogP contribution in [0.25, 0.3) is 0 Å². The van der Waals surface area contributed by atoms with E-state index in [1.807, 2.05) is 0 Å². The highest BCUT2D eigenvalue weighted by Gasteiger charge is 2.54. The molecule has 0 aromatic carbocycles. The molecule has 2 aliphatic rings. The molecule has 104 valence electrons. The molecule has 4 unspecified atom stereocenters. The molecule has 2 rings (SSSR count). The minimum Gasteiger partial charge on any atom is -0.435 e. The number of hydrogen-bond acceptors (Lipinski definition) is 7. The van der Waals surface area contributed by atoms with Gasteiger partial charge in [0.1, 0.15) is 24.9 Å². The lowest BCUT2D eigenvalue weighted by Crippen LogP contribution is -2.37. The van der Waals surface area contributed by atoms with Crippen molar-refractivity contribution in [2.45, 2.75) is 51.2 Å². The lowest BCUT2D eigenvalue weighted by atomic mass is 10.1. The van der Waals surface area contributed by atoms with E-state index >= 15 is 0 Å². The van der Waals surface area contributed by atoms with Crippen LogP contribution in [0.4, 0.5) is 4.79 Å². The third-order valence-corrected chi connectivity index (χ3v) is 2.74. The van der Waals surface area contributed by atoms with Crippen molar-refractivity contribution in [1.29, 1.82) is 0 Å². The largest absolute Gasteiger partial charge is 0.508 e. The molecule has 18 heavy (non-hydrogen) atoms. The van der Waals surface area contributed by atoms with Crippen LogP contribution in [0.15, 0.2) is 0 Å². The summed E-state index contributed by atoms with van der Waals surface area (Å²) in [6, 6.07) is 0. The number of rotatable bonds is 3. The van der Waals surface area contributed by atoms with E-state index < -0.39 is 36.5 Å². The Balaban J connectivity index is 1.82. The summed E-state index contributed by atoms with van der Waals surface area (Å²) in [6.07, 6.45) is -3.54. The minimum atomic E-state index is -0.897. The first-order chi connectivity index (χ1) is 8.43. The van der Waals surface area contributed by atoms with Crippen LogP contribution in [0.2, 0.25) is 0 Å². The van der Waals surface area contributed by atoms with Gasteiger partial charge in [-0.05, 0) is 20.8 Å². The smallest absolute Gasteiger partial charge is 0.435 e. The van der Waals surface area contributed by atoms with Gasteiger partial charge in [-0.3, -0.25) is 0 Å². The average Bonchev–Trinajstić information content (AvgIpc) is 2.71. The van der Waals surface area contributed by atoms with Crippen molar-refractivity contribution in [2.75, 3.05) is 13.2 Å². The van der Waals surface area contributed by atoms with Crippen molar-refractivity contribution in [3.05, 3.63) is 0 Å². The number of hydrogen-bond donors (Lipinski definition) is 1. The van der Waals surface area contributed by atoms with Gasteiger partial charge < -0.3 is 28.8 Å². The number of aliphatic hydroxyl groups is 1. The van der Waals surface area contributed by atoms with E-state index in [2.05, 4.69) is 4.74 Å². The number of fused-ring (bicyclic) bond motifs is 1. The zero-order chi connectivity index (χ0) is 13.3.